The number of piperidine rings is 1. The predicted molar refractivity (Wildman–Crippen MR) is 107 cm³/mol. The van der Waals surface area contributed by atoms with Crippen molar-refractivity contribution in [3.63, 3.8) is 0 Å². The molecule has 0 spiro atoms. The second kappa shape index (κ2) is 7.93. The van der Waals surface area contributed by atoms with E-state index in [0.29, 0.717) is 16.5 Å². The van der Waals surface area contributed by atoms with Crippen LogP contribution in [0.2, 0.25) is 5.02 Å². The lowest BCUT2D eigenvalue weighted by atomic mass is 9.95. The van der Waals surface area contributed by atoms with Gasteiger partial charge in [-0.15, -0.1) is 10.2 Å². The van der Waals surface area contributed by atoms with E-state index < -0.39 is 0 Å². The van der Waals surface area contributed by atoms with Crippen LogP contribution in [0.25, 0.3) is 5.82 Å². The van der Waals surface area contributed by atoms with Gasteiger partial charge in [0.15, 0.2) is 11.6 Å². The summed E-state index contributed by atoms with van der Waals surface area (Å²) in [6.07, 6.45) is 4.53. The fraction of sp³-hybridized carbons (Fsp3) is 0.316. The molecule has 144 valence electrons. The molecule has 0 atom stereocenters. The molecule has 4 rings (SSSR count). The second-order valence-electron chi connectivity index (χ2n) is 6.82. The molecule has 1 aromatic carbocycles. The van der Waals surface area contributed by atoms with Crippen LogP contribution < -0.4 is 10.2 Å². The Morgan fingerprint density at radius 2 is 1.89 bits per heavy atom. The topological polar surface area (TPSA) is 88.8 Å². The average Bonchev–Trinajstić information content (AvgIpc) is 3.25. The maximum absolute atomic E-state index is 12.6. The molecule has 1 amide bonds. The van der Waals surface area contributed by atoms with Crippen molar-refractivity contribution in [2.24, 2.45) is 5.92 Å². The van der Waals surface area contributed by atoms with Gasteiger partial charge in [0.2, 0.25) is 5.91 Å². The summed E-state index contributed by atoms with van der Waals surface area (Å²) in [4.78, 5) is 18.6. The molecule has 2 aromatic heterocycles. The number of aryl methyl sites for hydroxylation is 1. The van der Waals surface area contributed by atoms with Crippen molar-refractivity contribution >= 4 is 29.0 Å². The third kappa shape index (κ3) is 3.96. The number of nitrogens with one attached hydrogen (secondary N) is 1. The van der Waals surface area contributed by atoms with Crippen LogP contribution in [0.15, 0.2) is 43.0 Å². The predicted octanol–water partition coefficient (Wildman–Crippen LogP) is 2.87. The Hall–Kier alpha value is -3.00. The summed E-state index contributed by atoms with van der Waals surface area (Å²) in [6.45, 7) is 3.46. The molecule has 3 aromatic rings. The molecular formula is C19H20ClN7O. The molecule has 0 unspecified atom stereocenters. The molecule has 1 aliphatic heterocycles. The molecule has 9 heteroatoms. The van der Waals surface area contributed by atoms with Crippen LogP contribution >= 0.6 is 11.6 Å². The van der Waals surface area contributed by atoms with E-state index in [-0.39, 0.29) is 11.8 Å². The number of benzene rings is 1. The van der Waals surface area contributed by atoms with Gasteiger partial charge in [0.1, 0.15) is 12.7 Å². The number of hydrogen-bond donors (Lipinski definition) is 1. The van der Waals surface area contributed by atoms with E-state index in [1.807, 2.05) is 37.3 Å². The highest BCUT2D eigenvalue weighted by molar-refractivity contribution is 6.33. The highest BCUT2D eigenvalue weighted by Gasteiger charge is 2.26. The first-order chi connectivity index (χ1) is 13.6. The van der Waals surface area contributed by atoms with Gasteiger partial charge in [-0.25, -0.2) is 9.67 Å². The van der Waals surface area contributed by atoms with Gasteiger partial charge in [-0.3, -0.25) is 4.79 Å². The van der Waals surface area contributed by atoms with Crippen molar-refractivity contribution in [1.29, 1.82) is 0 Å². The summed E-state index contributed by atoms with van der Waals surface area (Å²) in [5, 5.41) is 16.0. The van der Waals surface area contributed by atoms with Crippen molar-refractivity contribution in [3.8, 4) is 5.82 Å². The van der Waals surface area contributed by atoms with Gasteiger partial charge in [-0.2, -0.15) is 5.10 Å². The van der Waals surface area contributed by atoms with E-state index in [1.165, 1.54) is 6.33 Å². The number of rotatable bonds is 4. The zero-order valence-corrected chi connectivity index (χ0v) is 16.2. The fourth-order valence-electron chi connectivity index (χ4n) is 3.26. The highest BCUT2D eigenvalue weighted by Crippen LogP contribution is 2.26. The van der Waals surface area contributed by atoms with Gasteiger partial charge >= 0.3 is 0 Å². The van der Waals surface area contributed by atoms with E-state index in [2.05, 4.69) is 30.5 Å². The van der Waals surface area contributed by atoms with Crippen LogP contribution in [-0.2, 0) is 4.79 Å². The minimum Gasteiger partial charge on any atom is -0.355 e. The number of aromatic nitrogens is 5. The van der Waals surface area contributed by atoms with Crippen LogP contribution in [0.4, 0.5) is 11.5 Å². The molecule has 28 heavy (non-hydrogen) atoms. The van der Waals surface area contributed by atoms with Crippen LogP contribution in [0.1, 0.15) is 18.4 Å². The van der Waals surface area contributed by atoms with E-state index in [9.17, 15) is 4.79 Å². The SMILES string of the molecule is Cc1ccc(NC(=O)C2CCN(c3ccc(-n4cncn4)nn3)CC2)c(Cl)c1. The lowest BCUT2D eigenvalue weighted by Crippen LogP contribution is -2.38. The molecule has 0 bridgehead atoms. The third-order valence-electron chi connectivity index (χ3n) is 4.86. The van der Waals surface area contributed by atoms with Crippen LogP contribution in [-0.4, -0.2) is 44.0 Å². The van der Waals surface area contributed by atoms with Gasteiger partial charge in [-0.1, -0.05) is 17.7 Å². The zero-order valence-electron chi connectivity index (χ0n) is 15.4. The zero-order chi connectivity index (χ0) is 19.5. The average molecular weight is 398 g/mol. The van der Waals surface area contributed by atoms with Crippen molar-refractivity contribution in [2.45, 2.75) is 19.8 Å². The molecule has 0 saturated carbocycles. The molecule has 1 fully saturated rings. The molecule has 0 radical (unpaired) electrons. The van der Waals surface area contributed by atoms with E-state index in [1.54, 1.807) is 11.0 Å². The highest BCUT2D eigenvalue weighted by atomic mass is 35.5. The standard InChI is InChI=1S/C19H20ClN7O/c1-13-2-3-16(15(20)10-13)23-19(28)14-6-8-26(9-7-14)17-4-5-18(25-24-17)27-12-21-11-22-27/h2-5,10-12,14H,6-9H2,1H3,(H,23,28). The second-order valence-corrected chi connectivity index (χ2v) is 7.23. The van der Waals surface area contributed by atoms with Gasteiger partial charge in [0.25, 0.3) is 0 Å². The number of hydrogen-bond acceptors (Lipinski definition) is 6. The largest absolute Gasteiger partial charge is 0.355 e. The van der Waals surface area contributed by atoms with Gasteiger partial charge in [-0.05, 0) is 49.6 Å². The number of carbonyl (C=O) groups excluding carboxylic acids is 1. The first-order valence-corrected chi connectivity index (χ1v) is 9.48. The minimum atomic E-state index is -0.0454. The maximum Gasteiger partial charge on any atom is 0.227 e. The number of anilines is 2. The number of nitrogens with zero attached hydrogens (tertiary/aromatic N) is 6. The van der Waals surface area contributed by atoms with Crippen LogP contribution in [0.3, 0.4) is 0 Å². The quantitative estimate of drug-likeness (QED) is 0.728. The minimum absolute atomic E-state index is 0.0121. The summed E-state index contributed by atoms with van der Waals surface area (Å²) >= 11 is 6.22. The van der Waals surface area contributed by atoms with E-state index in [0.717, 1.165) is 37.3 Å². The lowest BCUT2D eigenvalue weighted by Gasteiger charge is -2.31. The molecule has 8 nitrogen and oxygen atoms in total. The molecule has 1 N–H and O–H groups in total. The van der Waals surface area contributed by atoms with Crippen molar-refractivity contribution < 1.29 is 4.79 Å². The summed E-state index contributed by atoms with van der Waals surface area (Å²) in [5.41, 5.74) is 1.72. The Morgan fingerprint density at radius 3 is 2.54 bits per heavy atom. The molecule has 0 aliphatic carbocycles. The number of halogens is 1. The van der Waals surface area contributed by atoms with Gasteiger partial charge < -0.3 is 10.2 Å². The Balaban J connectivity index is 1.34. The maximum atomic E-state index is 12.6. The lowest BCUT2D eigenvalue weighted by molar-refractivity contribution is -0.120. The van der Waals surface area contributed by atoms with Crippen molar-refractivity contribution in [1.82, 2.24) is 25.0 Å². The first-order valence-electron chi connectivity index (χ1n) is 9.11. The summed E-state index contributed by atoms with van der Waals surface area (Å²) in [6, 6.07) is 9.40. The number of amides is 1. The Morgan fingerprint density at radius 1 is 1.14 bits per heavy atom. The van der Waals surface area contributed by atoms with Gasteiger partial charge in [0.05, 0.1) is 10.7 Å². The molecule has 1 aliphatic rings. The Kier molecular flexibility index (Phi) is 5.21. The smallest absolute Gasteiger partial charge is 0.227 e. The first kappa shape index (κ1) is 18.4. The fourth-order valence-corrected chi connectivity index (χ4v) is 3.54. The Labute approximate surface area is 167 Å². The number of carbonyl (C=O) groups is 1. The van der Waals surface area contributed by atoms with Gasteiger partial charge in [0, 0.05) is 19.0 Å². The Bertz CT molecular complexity index is 951. The molecule has 1 saturated heterocycles. The monoisotopic (exact) mass is 397 g/mol. The van der Waals surface area contributed by atoms with Crippen molar-refractivity contribution in [2.75, 3.05) is 23.3 Å². The van der Waals surface area contributed by atoms with Crippen LogP contribution in [0.5, 0.6) is 0 Å². The van der Waals surface area contributed by atoms with Crippen molar-refractivity contribution in [3.05, 3.63) is 53.6 Å². The van der Waals surface area contributed by atoms with Crippen LogP contribution in [0, 0.1) is 12.8 Å². The summed E-state index contributed by atoms with van der Waals surface area (Å²) in [5.74, 6) is 1.38. The van der Waals surface area contributed by atoms with E-state index >= 15 is 0 Å². The summed E-state index contributed by atoms with van der Waals surface area (Å²) < 4.78 is 1.56. The third-order valence-corrected chi connectivity index (χ3v) is 5.17. The normalized spacial score (nSPS) is 14.9. The molecule has 3 heterocycles. The molecular weight excluding hydrogens is 378 g/mol. The van der Waals surface area contributed by atoms with E-state index in [4.69, 9.17) is 11.6 Å². The summed E-state index contributed by atoms with van der Waals surface area (Å²) in [7, 11) is 0.